The van der Waals surface area contributed by atoms with Crippen LogP contribution in [-0.2, 0) is 24.4 Å². The summed E-state index contributed by atoms with van der Waals surface area (Å²) in [5.41, 5.74) is 3.22. The summed E-state index contributed by atoms with van der Waals surface area (Å²) < 4.78 is 2.10. The molecule has 3 aromatic rings. The molecule has 0 unspecified atom stereocenters. The van der Waals surface area contributed by atoms with Gasteiger partial charge in [0.1, 0.15) is 0 Å². The first-order valence-electron chi connectivity index (χ1n) is 9.58. The summed E-state index contributed by atoms with van der Waals surface area (Å²) in [6.45, 7) is 2.59. The van der Waals surface area contributed by atoms with Crippen LogP contribution in [0.25, 0.3) is 0 Å². The molecule has 0 bridgehead atoms. The molecule has 1 saturated heterocycles. The minimum Gasteiger partial charge on any atom is -0.337 e. The highest BCUT2D eigenvalue weighted by atomic mass is 35.5. The van der Waals surface area contributed by atoms with Crippen LogP contribution in [0.4, 0.5) is 0 Å². The molecule has 1 fully saturated rings. The molecule has 2 aromatic carbocycles. The van der Waals surface area contributed by atoms with Gasteiger partial charge in [0, 0.05) is 42.4 Å². The fourth-order valence-electron chi connectivity index (χ4n) is 3.65. The molecule has 4 rings (SSSR count). The van der Waals surface area contributed by atoms with E-state index in [0.29, 0.717) is 29.7 Å². The minimum atomic E-state index is -0.190. The van der Waals surface area contributed by atoms with Gasteiger partial charge in [-0.05, 0) is 35.7 Å². The molecule has 0 aliphatic carbocycles. The molecule has 0 saturated carbocycles. The largest absolute Gasteiger partial charge is 0.337 e. The number of aromatic nitrogens is 2. The van der Waals surface area contributed by atoms with Crippen molar-refractivity contribution in [2.24, 2.45) is 0 Å². The van der Waals surface area contributed by atoms with Crippen LogP contribution < -0.4 is 5.32 Å². The van der Waals surface area contributed by atoms with E-state index in [9.17, 15) is 4.79 Å². The molecular weight excluding hydrogens is 407 g/mol. The summed E-state index contributed by atoms with van der Waals surface area (Å²) in [5.74, 6) is 0.107. The van der Waals surface area contributed by atoms with Crippen LogP contribution in [0.1, 0.15) is 23.2 Å². The molecule has 29 heavy (non-hydrogen) atoms. The number of nitrogens with zero attached hydrogens (tertiary/aromatic N) is 3. The smallest absolute Gasteiger partial charge is 0.240 e. The zero-order valence-corrected chi connectivity index (χ0v) is 17.4. The lowest BCUT2D eigenvalue weighted by atomic mass is 10.2. The summed E-state index contributed by atoms with van der Waals surface area (Å²) in [7, 11) is 0. The molecule has 0 radical (unpaired) electrons. The number of imidazole rings is 1. The zero-order chi connectivity index (χ0) is 20.2. The summed E-state index contributed by atoms with van der Waals surface area (Å²) >= 11 is 12.1. The van der Waals surface area contributed by atoms with Gasteiger partial charge in [0.15, 0.2) is 0 Å². The van der Waals surface area contributed by atoms with Crippen molar-refractivity contribution < 1.29 is 4.79 Å². The molecular formula is C22H22Cl2N4O. The molecule has 7 heteroatoms. The fraction of sp³-hybridized carbons (Fsp3) is 0.273. The van der Waals surface area contributed by atoms with E-state index in [4.69, 9.17) is 23.2 Å². The summed E-state index contributed by atoms with van der Waals surface area (Å²) in [4.78, 5) is 18.9. The summed E-state index contributed by atoms with van der Waals surface area (Å²) in [5, 5.41) is 4.56. The fourth-order valence-corrected chi connectivity index (χ4v) is 4.22. The number of amides is 1. The Hall–Kier alpha value is -2.34. The highest BCUT2D eigenvalue weighted by Gasteiger charge is 2.31. The minimum absolute atomic E-state index is 0.107. The van der Waals surface area contributed by atoms with Crippen molar-refractivity contribution in [3.8, 4) is 0 Å². The standard InChI is InChI=1S/C22H22Cl2N4O/c23-18-8-17(9-19(24)10-18)14-27-7-6-21(22(27)29)26-12-20-11-25-15-28(20)13-16-4-2-1-3-5-16/h1-5,8-11,15,21,26H,6-7,12-14H2/t21-/m0/s1. The van der Waals surface area contributed by atoms with Gasteiger partial charge in [-0.25, -0.2) is 4.98 Å². The number of nitrogens with one attached hydrogen (secondary N) is 1. The predicted octanol–water partition coefficient (Wildman–Crippen LogP) is 4.13. The first-order valence-corrected chi connectivity index (χ1v) is 10.3. The molecule has 1 N–H and O–H groups in total. The number of carbonyl (C=O) groups excluding carboxylic acids is 1. The maximum atomic E-state index is 12.8. The third-order valence-corrected chi connectivity index (χ3v) is 5.55. The van der Waals surface area contributed by atoms with Gasteiger partial charge < -0.3 is 14.8 Å². The molecule has 150 valence electrons. The molecule has 1 atom stereocenters. The van der Waals surface area contributed by atoms with Crippen LogP contribution in [0.5, 0.6) is 0 Å². The number of hydrogen-bond acceptors (Lipinski definition) is 3. The number of halogens is 2. The van der Waals surface area contributed by atoms with Gasteiger partial charge in [-0.3, -0.25) is 4.79 Å². The van der Waals surface area contributed by atoms with Gasteiger partial charge in [-0.1, -0.05) is 53.5 Å². The number of rotatable bonds is 7. The van der Waals surface area contributed by atoms with Crippen LogP contribution in [0.15, 0.2) is 61.1 Å². The van der Waals surface area contributed by atoms with E-state index in [0.717, 1.165) is 24.2 Å². The monoisotopic (exact) mass is 428 g/mol. The molecule has 5 nitrogen and oxygen atoms in total. The summed E-state index contributed by atoms with van der Waals surface area (Å²) in [6, 6.07) is 15.5. The van der Waals surface area contributed by atoms with Gasteiger partial charge in [-0.15, -0.1) is 0 Å². The van der Waals surface area contributed by atoms with Crippen molar-refractivity contribution in [3.63, 3.8) is 0 Å². The third-order valence-electron chi connectivity index (χ3n) is 5.12. The Morgan fingerprint density at radius 1 is 1.03 bits per heavy atom. The Labute approximate surface area is 180 Å². The van der Waals surface area contributed by atoms with Gasteiger partial charge >= 0.3 is 0 Å². The van der Waals surface area contributed by atoms with Crippen molar-refractivity contribution in [2.45, 2.75) is 32.1 Å². The first kappa shape index (κ1) is 20.0. The van der Waals surface area contributed by atoms with E-state index in [2.05, 4.69) is 27.0 Å². The second-order valence-corrected chi connectivity index (χ2v) is 8.13. The van der Waals surface area contributed by atoms with E-state index in [1.807, 2.05) is 47.8 Å². The van der Waals surface area contributed by atoms with Gasteiger partial charge in [0.05, 0.1) is 18.1 Å². The van der Waals surface area contributed by atoms with Crippen molar-refractivity contribution in [3.05, 3.63) is 87.9 Å². The average molecular weight is 429 g/mol. The van der Waals surface area contributed by atoms with E-state index < -0.39 is 0 Å². The third kappa shape index (κ3) is 4.99. The van der Waals surface area contributed by atoms with Crippen LogP contribution in [0.2, 0.25) is 10.0 Å². The van der Waals surface area contributed by atoms with Crippen LogP contribution >= 0.6 is 23.2 Å². The van der Waals surface area contributed by atoms with Crippen molar-refractivity contribution >= 4 is 29.1 Å². The highest BCUT2D eigenvalue weighted by molar-refractivity contribution is 6.34. The SMILES string of the molecule is O=C1[C@@H](NCc2cncn2Cc2ccccc2)CCN1Cc1cc(Cl)cc(Cl)c1. The topological polar surface area (TPSA) is 50.2 Å². The van der Waals surface area contributed by atoms with Gasteiger partial charge in [-0.2, -0.15) is 0 Å². The molecule has 0 spiro atoms. The maximum absolute atomic E-state index is 12.8. The van der Waals surface area contributed by atoms with E-state index in [1.165, 1.54) is 5.56 Å². The lowest BCUT2D eigenvalue weighted by Crippen LogP contribution is -2.38. The normalized spacial score (nSPS) is 16.6. The summed E-state index contributed by atoms with van der Waals surface area (Å²) in [6.07, 6.45) is 4.46. The quantitative estimate of drug-likeness (QED) is 0.615. The van der Waals surface area contributed by atoms with Crippen LogP contribution in [0, 0.1) is 0 Å². The molecule has 1 aliphatic heterocycles. The number of hydrogen-bond donors (Lipinski definition) is 1. The second-order valence-electron chi connectivity index (χ2n) is 7.26. The maximum Gasteiger partial charge on any atom is 0.240 e. The lowest BCUT2D eigenvalue weighted by molar-refractivity contribution is -0.129. The Balaban J connectivity index is 1.34. The Morgan fingerprint density at radius 3 is 2.55 bits per heavy atom. The molecule has 1 aliphatic rings. The van der Waals surface area contributed by atoms with Gasteiger partial charge in [0.25, 0.3) is 0 Å². The molecule has 1 aromatic heterocycles. The molecule has 1 amide bonds. The molecule has 2 heterocycles. The average Bonchev–Trinajstić information content (AvgIpc) is 3.27. The van der Waals surface area contributed by atoms with E-state index in [1.54, 1.807) is 6.07 Å². The van der Waals surface area contributed by atoms with Gasteiger partial charge in [0.2, 0.25) is 5.91 Å². The van der Waals surface area contributed by atoms with Crippen LogP contribution in [0.3, 0.4) is 0 Å². The number of carbonyl (C=O) groups is 1. The van der Waals surface area contributed by atoms with E-state index >= 15 is 0 Å². The van der Waals surface area contributed by atoms with Crippen molar-refractivity contribution in [1.29, 1.82) is 0 Å². The van der Waals surface area contributed by atoms with Crippen molar-refractivity contribution in [2.75, 3.05) is 6.54 Å². The number of likely N-dealkylation sites (tertiary alicyclic amines) is 1. The highest BCUT2D eigenvalue weighted by Crippen LogP contribution is 2.22. The second kappa shape index (κ2) is 8.99. The van der Waals surface area contributed by atoms with Crippen molar-refractivity contribution in [1.82, 2.24) is 19.8 Å². The zero-order valence-electron chi connectivity index (χ0n) is 15.9. The number of benzene rings is 2. The Morgan fingerprint density at radius 2 is 1.79 bits per heavy atom. The Bertz CT molecular complexity index is 969. The first-order chi connectivity index (χ1) is 14.1. The van der Waals surface area contributed by atoms with Crippen LogP contribution in [-0.4, -0.2) is 32.9 Å². The predicted molar refractivity (Wildman–Crippen MR) is 115 cm³/mol. The lowest BCUT2D eigenvalue weighted by Gasteiger charge is -2.18. The Kier molecular flexibility index (Phi) is 6.19. The van der Waals surface area contributed by atoms with E-state index in [-0.39, 0.29) is 11.9 Å².